The van der Waals surface area contributed by atoms with E-state index in [4.69, 9.17) is 4.74 Å². The van der Waals surface area contributed by atoms with Gasteiger partial charge in [-0.25, -0.2) is 0 Å². The van der Waals surface area contributed by atoms with Gasteiger partial charge in [-0.15, -0.1) is 0 Å². The summed E-state index contributed by atoms with van der Waals surface area (Å²) < 4.78 is 6.96. The highest BCUT2D eigenvalue weighted by Gasteiger charge is 2.67. The fraction of sp³-hybridized carbons (Fsp3) is 1.00. The summed E-state index contributed by atoms with van der Waals surface area (Å²) >= 11 is 0. The summed E-state index contributed by atoms with van der Waals surface area (Å²) in [4.78, 5) is 0. The SMILES string of the molecule is CC(OC1CC2CC1C1C3CCC(C3)C21)C12CC3CC1CC3C2. The Morgan fingerprint density at radius 3 is 2.22 bits per heavy atom. The Hall–Kier alpha value is -0.0400. The van der Waals surface area contributed by atoms with Crippen molar-refractivity contribution in [3.63, 3.8) is 0 Å². The lowest BCUT2D eigenvalue weighted by molar-refractivity contribution is -0.114. The molecule has 8 bridgehead atoms. The van der Waals surface area contributed by atoms with Crippen LogP contribution in [0.5, 0.6) is 0 Å². The Balaban J connectivity index is 1.12. The number of fused-ring (bicyclic) bond motifs is 9. The van der Waals surface area contributed by atoms with E-state index in [-0.39, 0.29) is 0 Å². The quantitative estimate of drug-likeness (QED) is 0.674. The molecule has 8 rings (SSSR count). The van der Waals surface area contributed by atoms with E-state index in [1.807, 2.05) is 0 Å². The van der Waals surface area contributed by atoms with Gasteiger partial charge in [0.2, 0.25) is 0 Å². The minimum absolute atomic E-state index is 0.561. The minimum atomic E-state index is 0.561. The maximum atomic E-state index is 6.96. The summed E-state index contributed by atoms with van der Waals surface area (Å²) in [7, 11) is 0. The summed E-state index contributed by atoms with van der Waals surface area (Å²) in [5.41, 5.74) is 0.630. The highest BCUT2D eigenvalue weighted by atomic mass is 16.5. The van der Waals surface area contributed by atoms with Crippen LogP contribution in [-0.2, 0) is 4.74 Å². The van der Waals surface area contributed by atoms with E-state index in [0.717, 1.165) is 53.3 Å². The van der Waals surface area contributed by atoms with Crippen molar-refractivity contribution in [1.29, 1.82) is 0 Å². The molecule has 23 heavy (non-hydrogen) atoms. The van der Waals surface area contributed by atoms with Gasteiger partial charge in [0.15, 0.2) is 0 Å². The topological polar surface area (TPSA) is 9.23 Å². The number of hydrogen-bond donors (Lipinski definition) is 0. The van der Waals surface area contributed by atoms with Gasteiger partial charge >= 0.3 is 0 Å². The lowest BCUT2D eigenvalue weighted by Crippen LogP contribution is -2.42. The second-order valence-electron chi connectivity index (χ2n) is 11.0. The Bertz CT molecular complexity index is 540. The van der Waals surface area contributed by atoms with E-state index in [0.29, 0.717) is 17.6 Å². The Morgan fingerprint density at radius 1 is 0.783 bits per heavy atom. The predicted molar refractivity (Wildman–Crippen MR) is 89.7 cm³/mol. The van der Waals surface area contributed by atoms with Crippen molar-refractivity contribution in [3.8, 4) is 0 Å². The van der Waals surface area contributed by atoms with Crippen LogP contribution in [0.15, 0.2) is 0 Å². The molecule has 8 aliphatic rings. The number of rotatable bonds is 3. The summed E-state index contributed by atoms with van der Waals surface area (Å²) in [6.45, 7) is 2.48. The molecule has 8 aliphatic carbocycles. The van der Waals surface area contributed by atoms with Crippen LogP contribution in [-0.4, -0.2) is 12.2 Å². The molecule has 0 saturated heterocycles. The average Bonchev–Trinajstić information content (AvgIpc) is 3.33. The standard InChI is InChI=1S/C22H32O/c1-11(22-9-15-5-17(22)6-16(15)10-22)23-19-8-14-7-18(19)21-13-3-2-12(4-13)20(14)21/h11-21H,2-10H2,1H3. The van der Waals surface area contributed by atoms with Crippen molar-refractivity contribution >= 4 is 0 Å². The fourth-order valence-electron chi connectivity index (χ4n) is 10.3. The summed E-state index contributed by atoms with van der Waals surface area (Å²) in [6.07, 6.45) is 15.1. The highest BCUT2D eigenvalue weighted by Crippen LogP contribution is 2.72. The third-order valence-corrected chi connectivity index (χ3v) is 10.8. The molecule has 8 fully saturated rings. The molecule has 126 valence electrons. The van der Waals surface area contributed by atoms with Gasteiger partial charge in [0.25, 0.3) is 0 Å². The second-order valence-corrected chi connectivity index (χ2v) is 11.0. The van der Waals surface area contributed by atoms with Crippen LogP contribution >= 0.6 is 0 Å². The molecule has 0 aromatic carbocycles. The average molecular weight is 312 g/mol. The monoisotopic (exact) mass is 312 g/mol. The maximum absolute atomic E-state index is 6.96. The van der Waals surface area contributed by atoms with Gasteiger partial charge < -0.3 is 4.74 Å². The number of hydrogen-bond acceptors (Lipinski definition) is 1. The van der Waals surface area contributed by atoms with Crippen LogP contribution in [0.4, 0.5) is 0 Å². The normalized spacial score (nSPS) is 67.7. The Kier molecular flexibility index (Phi) is 2.31. The molecule has 0 radical (unpaired) electrons. The van der Waals surface area contributed by atoms with Gasteiger partial charge in [-0.2, -0.15) is 0 Å². The first-order chi connectivity index (χ1) is 11.2. The molecule has 8 saturated carbocycles. The van der Waals surface area contributed by atoms with Crippen molar-refractivity contribution in [2.75, 3.05) is 0 Å². The molecule has 0 N–H and O–H groups in total. The molecule has 0 aromatic rings. The summed E-state index contributed by atoms with van der Waals surface area (Å²) in [5, 5.41) is 0. The molecule has 10 atom stereocenters. The van der Waals surface area contributed by atoms with E-state index < -0.39 is 0 Å². The van der Waals surface area contributed by atoms with Crippen LogP contribution in [0.25, 0.3) is 0 Å². The molecule has 0 aliphatic heterocycles. The van der Waals surface area contributed by atoms with Crippen LogP contribution in [0.3, 0.4) is 0 Å². The second kappa shape index (κ2) is 4.02. The molecule has 0 spiro atoms. The molecule has 1 heteroatoms. The van der Waals surface area contributed by atoms with Gasteiger partial charge in [0.05, 0.1) is 12.2 Å². The van der Waals surface area contributed by atoms with Crippen molar-refractivity contribution in [1.82, 2.24) is 0 Å². The van der Waals surface area contributed by atoms with Gasteiger partial charge in [0.1, 0.15) is 0 Å². The lowest BCUT2D eigenvalue weighted by Gasteiger charge is -2.42. The van der Waals surface area contributed by atoms with Gasteiger partial charge in [-0.05, 0) is 123 Å². The van der Waals surface area contributed by atoms with Crippen molar-refractivity contribution in [2.24, 2.45) is 58.7 Å². The zero-order valence-electron chi connectivity index (χ0n) is 14.6. The van der Waals surface area contributed by atoms with Crippen molar-refractivity contribution in [2.45, 2.75) is 76.9 Å². The first-order valence-corrected chi connectivity index (χ1v) is 10.9. The first-order valence-electron chi connectivity index (χ1n) is 10.9. The highest BCUT2D eigenvalue weighted by molar-refractivity contribution is 5.15. The van der Waals surface area contributed by atoms with Crippen LogP contribution < -0.4 is 0 Å². The zero-order chi connectivity index (χ0) is 14.9. The van der Waals surface area contributed by atoms with Gasteiger partial charge in [0, 0.05) is 0 Å². The maximum Gasteiger partial charge on any atom is 0.0612 e. The molecular formula is C22H32O. The zero-order valence-corrected chi connectivity index (χ0v) is 14.6. The van der Waals surface area contributed by atoms with Crippen molar-refractivity contribution in [3.05, 3.63) is 0 Å². The van der Waals surface area contributed by atoms with E-state index in [1.165, 1.54) is 19.3 Å². The minimum Gasteiger partial charge on any atom is -0.374 e. The van der Waals surface area contributed by atoms with E-state index in [9.17, 15) is 0 Å². The van der Waals surface area contributed by atoms with E-state index >= 15 is 0 Å². The third kappa shape index (κ3) is 1.40. The summed E-state index contributed by atoms with van der Waals surface area (Å²) in [6, 6.07) is 0. The predicted octanol–water partition coefficient (Wildman–Crippen LogP) is 4.90. The molecule has 0 aromatic heterocycles. The first kappa shape index (κ1) is 13.2. The molecular weight excluding hydrogens is 280 g/mol. The van der Waals surface area contributed by atoms with Crippen LogP contribution in [0.1, 0.15) is 64.7 Å². The van der Waals surface area contributed by atoms with Crippen molar-refractivity contribution < 1.29 is 4.74 Å². The van der Waals surface area contributed by atoms with Crippen LogP contribution in [0, 0.1) is 58.7 Å². The Morgan fingerprint density at radius 2 is 1.52 bits per heavy atom. The summed E-state index contributed by atoms with van der Waals surface area (Å²) in [5.74, 6) is 9.74. The molecule has 0 heterocycles. The Labute approximate surface area is 140 Å². The smallest absolute Gasteiger partial charge is 0.0612 e. The van der Waals surface area contributed by atoms with Gasteiger partial charge in [-0.1, -0.05) is 0 Å². The largest absolute Gasteiger partial charge is 0.374 e. The van der Waals surface area contributed by atoms with E-state index in [2.05, 4.69) is 6.92 Å². The number of ether oxygens (including phenoxy) is 1. The molecule has 10 unspecified atom stereocenters. The fourth-order valence-corrected chi connectivity index (χ4v) is 10.3. The lowest BCUT2D eigenvalue weighted by atomic mass is 9.70. The van der Waals surface area contributed by atoms with Crippen LogP contribution in [0.2, 0.25) is 0 Å². The molecule has 0 amide bonds. The molecule has 1 nitrogen and oxygen atoms in total. The van der Waals surface area contributed by atoms with E-state index in [1.54, 1.807) is 38.5 Å². The van der Waals surface area contributed by atoms with Gasteiger partial charge in [-0.3, -0.25) is 0 Å². The third-order valence-electron chi connectivity index (χ3n) is 10.8.